The highest BCUT2D eigenvalue weighted by Crippen LogP contribution is 2.25. The molecule has 0 spiro atoms. The van der Waals surface area contributed by atoms with Crippen LogP contribution in [-0.4, -0.2) is 65.4 Å². The minimum Gasteiger partial charge on any atom is -0.495 e. The fraction of sp³-hybridized carbons (Fsp3) is 0.294. The lowest BCUT2D eigenvalue weighted by atomic mass is 10.2. The Morgan fingerprint density at radius 3 is 2.48 bits per heavy atom. The second-order valence-corrected chi connectivity index (χ2v) is 5.55. The summed E-state index contributed by atoms with van der Waals surface area (Å²) in [4.78, 5) is 35.0. The SMILES string of the molecule is COc1ccccc1Nc1ncc(C(=O)N2CCN(C=O)CC2)cn1. The molecule has 2 heterocycles. The third-order valence-electron chi connectivity index (χ3n) is 4.00. The summed E-state index contributed by atoms with van der Waals surface area (Å²) in [5, 5.41) is 3.06. The molecule has 0 bridgehead atoms. The number of aromatic nitrogens is 2. The van der Waals surface area contributed by atoms with E-state index in [2.05, 4.69) is 15.3 Å². The van der Waals surface area contributed by atoms with Crippen molar-refractivity contribution < 1.29 is 14.3 Å². The second kappa shape index (κ2) is 7.61. The summed E-state index contributed by atoms with van der Waals surface area (Å²) in [6.45, 7) is 2.12. The van der Waals surface area contributed by atoms with Crippen molar-refractivity contribution in [3.8, 4) is 5.75 Å². The maximum atomic E-state index is 12.5. The molecule has 130 valence electrons. The second-order valence-electron chi connectivity index (χ2n) is 5.55. The summed E-state index contributed by atoms with van der Waals surface area (Å²) in [6, 6.07) is 7.44. The molecule has 1 aliphatic rings. The maximum absolute atomic E-state index is 12.5. The van der Waals surface area contributed by atoms with Gasteiger partial charge in [-0.15, -0.1) is 0 Å². The number of nitrogens with zero attached hydrogens (tertiary/aromatic N) is 4. The summed E-state index contributed by atoms with van der Waals surface area (Å²) in [5.74, 6) is 0.931. The van der Waals surface area contributed by atoms with Gasteiger partial charge in [-0.3, -0.25) is 9.59 Å². The van der Waals surface area contributed by atoms with Crippen LogP contribution in [0.3, 0.4) is 0 Å². The number of carbonyl (C=O) groups excluding carboxylic acids is 2. The third kappa shape index (κ3) is 3.85. The number of nitrogens with one attached hydrogen (secondary N) is 1. The van der Waals surface area contributed by atoms with E-state index in [-0.39, 0.29) is 5.91 Å². The number of rotatable bonds is 5. The number of para-hydroxylation sites is 2. The molecule has 2 amide bonds. The van der Waals surface area contributed by atoms with Crippen molar-refractivity contribution in [3.05, 3.63) is 42.2 Å². The topological polar surface area (TPSA) is 87.7 Å². The number of amides is 2. The zero-order valence-corrected chi connectivity index (χ0v) is 13.9. The molecular formula is C17H19N5O3. The summed E-state index contributed by atoms with van der Waals surface area (Å²) in [5.41, 5.74) is 1.17. The van der Waals surface area contributed by atoms with E-state index in [4.69, 9.17) is 4.74 Å². The number of piperazine rings is 1. The van der Waals surface area contributed by atoms with E-state index in [1.807, 2.05) is 24.3 Å². The highest BCUT2D eigenvalue weighted by atomic mass is 16.5. The average molecular weight is 341 g/mol. The Bertz CT molecular complexity index is 742. The van der Waals surface area contributed by atoms with Crippen molar-refractivity contribution in [2.75, 3.05) is 38.6 Å². The molecule has 0 unspecified atom stereocenters. The lowest BCUT2D eigenvalue weighted by Crippen LogP contribution is -2.48. The minimum atomic E-state index is -0.130. The van der Waals surface area contributed by atoms with Crippen molar-refractivity contribution in [1.29, 1.82) is 0 Å². The summed E-state index contributed by atoms with van der Waals surface area (Å²) >= 11 is 0. The van der Waals surface area contributed by atoms with E-state index in [1.165, 1.54) is 12.4 Å². The zero-order chi connectivity index (χ0) is 17.6. The number of hydrogen-bond donors (Lipinski definition) is 1. The molecule has 8 nitrogen and oxygen atoms in total. The van der Waals surface area contributed by atoms with Gasteiger partial charge in [-0.1, -0.05) is 12.1 Å². The van der Waals surface area contributed by atoms with Gasteiger partial charge in [0.1, 0.15) is 5.75 Å². The highest BCUT2D eigenvalue weighted by molar-refractivity contribution is 5.93. The number of anilines is 2. The van der Waals surface area contributed by atoms with Crippen LogP contribution in [0.4, 0.5) is 11.6 Å². The van der Waals surface area contributed by atoms with E-state index >= 15 is 0 Å². The monoisotopic (exact) mass is 341 g/mol. The van der Waals surface area contributed by atoms with Gasteiger partial charge in [-0.2, -0.15) is 0 Å². The number of methoxy groups -OCH3 is 1. The first-order valence-electron chi connectivity index (χ1n) is 7.92. The van der Waals surface area contributed by atoms with Gasteiger partial charge in [0, 0.05) is 38.6 Å². The summed E-state index contributed by atoms with van der Waals surface area (Å²) < 4.78 is 5.27. The van der Waals surface area contributed by atoms with Crippen LogP contribution < -0.4 is 10.1 Å². The van der Waals surface area contributed by atoms with E-state index in [9.17, 15) is 9.59 Å². The highest BCUT2D eigenvalue weighted by Gasteiger charge is 2.21. The van der Waals surface area contributed by atoms with E-state index in [0.29, 0.717) is 43.4 Å². The van der Waals surface area contributed by atoms with Crippen LogP contribution in [0.5, 0.6) is 5.75 Å². The number of carbonyl (C=O) groups is 2. The molecule has 0 saturated carbocycles. The van der Waals surface area contributed by atoms with Crippen LogP contribution in [0.15, 0.2) is 36.7 Å². The quantitative estimate of drug-likeness (QED) is 0.821. The van der Waals surface area contributed by atoms with Crippen molar-refractivity contribution >= 4 is 24.0 Å². The normalized spacial score (nSPS) is 14.1. The first-order chi connectivity index (χ1) is 12.2. The van der Waals surface area contributed by atoms with Crippen LogP contribution in [0, 0.1) is 0 Å². The largest absolute Gasteiger partial charge is 0.495 e. The molecule has 1 aromatic carbocycles. The van der Waals surface area contributed by atoms with Gasteiger partial charge >= 0.3 is 0 Å². The maximum Gasteiger partial charge on any atom is 0.257 e. The summed E-state index contributed by atoms with van der Waals surface area (Å²) in [7, 11) is 1.59. The smallest absolute Gasteiger partial charge is 0.257 e. The average Bonchev–Trinajstić information content (AvgIpc) is 2.68. The Kier molecular flexibility index (Phi) is 5.08. The van der Waals surface area contributed by atoms with Crippen LogP contribution in [0.2, 0.25) is 0 Å². The Labute approximate surface area is 145 Å². The van der Waals surface area contributed by atoms with Gasteiger partial charge in [-0.25, -0.2) is 9.97 Å². The standard InChI is InChI=1S/C17H19N5O3/c1-25-15-5-3-2-4-14(15)20-17-18-10-13(11-19-17)16(24)22-8-6-21(12-23)7-9-22/h2-5,10-12H,6-9H2,1H3,(H,18,19,20). The van der Waals surface area contributed by atoms with Gasteiger partial charge in [0.25, 0.3) is 5.91 Å². The fourth-order valence-electron chi connectivity index (χ4n) is 2.58. The molecule has 3 rings (SSSR count). The van der Waals surface area contributed by atoms with Gasteiger partial charge in [0.2, 0.25) is 12.4 Å². The third-order valence-corrected chi connectivity index (χ3v) is 4.00. The Morgan fingerprint density at radius 2 is 1.84 bits per heavy atom. The Hall–Kier alpha value is -3.16. The molecule has 1 saturated heterocycles. The lowest BCUT2D eigenvalue weighted by molar-refractivity contribution is -0.119. The molecule has 0 atom stereocenters. The van der Waals surface area contributed by atoms with E-state index in [1.54, 1.807) is 16.9 Å². The molecule has 1 fully saturated rings. The molecule has 1 N–H and O–H groups in total. The van der Waals surface area contributed by atoms with Crippen molar-refractivity contribution in [3.63, 3.8) is 0 Å². The molecule has 8 heteroatoms. The van der Waals surface area contributed by atoms with E-state index < -0.39 is 0 Å². The fourth-order valence-corrected chi connectivity index (χ4v) is 2.58. The molecule has 0 aliphatic carbocycles. The van der Waals surface area contributed by atoms with Crippen molar-refractivity contribution in [2.45, 2.75) is 0 Å². The lowest BCUT2D eigenvalue weighted by Gasteiger charge is -2.32. The minimum absolute atomic E-state index is 0.130. The molecule has 0 radical (unpaired) electrons. The molecule has 2 aromatic rings. The Morgan fingerprint density at radius 1 is 1.16 bits per heavy atom. The molecular weight excluding hydrogens is 322 g/mol. The predicted molar refractivity (Wildman–Crippen MR) is 91.8 cm³/mol. The first-order valence-corrected chi connectivity index (χ1v) is 7.92. The first kappa shape index (κ1) is 16.7. The Balaban J connectivity index is 1.66. The molecule has 1 aromatic heterocycles. The zero-order valence-electron chi connectivity index (χ0n) is 13.9. The van der Waals surface area contributed by atoms with Gasteiger partial charge in [0.05, 0.1) is 18.4 Å². The van der Waals surface area contributed by atoms with Crippen molar-refractivity contribution in [1.82, 2.24) is 19.8 Å². The van der Waals surface area contributed by atoms with Gasteiger partial charge < -0.3 is 19.9 Å². The summed E-state index contributed by atoms with van der Waals surface area (Å²) in [6.07, 6.45) is 3.81. The van der Waals surface area contributed by atoms with Crippen LogP contribution in [0.25, 0.3) is 0 Å². The number of benzene rings is 1. The van der Waals surface area contributed by atoms with Crippen LogP contribution >= 0.6 is 0 Å². The van der Waals surface area contributed by atoms with Crippen molar-refractivity contribution in [2.24, 2.45) is 0 Å². The number of ether oxygens (including phenoxy) is 1. The number of hydrogen-bond acceptors (Lipinski definition) is 6. The van der Waals surface area contributed by atoms with Gasteiger partial charge in [0.15, 0.2) is 0 Å². The predicted octanol–water partition coefficient (Wildman–Crippen LogP) is 1.14. The molecule has 25 heavy (non-hydrogen) atoms. The van der Waals surface area contributed by atoms with Gasteiger partial charge in [-0.05, 0) is 12.1 Å². The molecule has 1 aliphatic heterocycles. The van der Waals surface area contributed by atoms with Crippen LogP contribution in [-0.2, 0) is 4.79 Å². The van der Waals surface area contributed by atoms with Crippen LogP contribution in [0.1, 0.15) is 10.4 Å². The van der Waals surface area contributed by atoms with E-state index in [0.717, 1.165) is 12.1 Å².